The van der Waals surface area contributed by atoms with Crippen LogP contribution >= 0.6 is 0 Å². The molecule has 4 amide bonds. The van der Waals surface area contributed by atoms with Crippen LogP contribution in [0.15, 0.2) is 58.3 Å². The number of carbonyl (C=O) groups is 4. The molecular weight excluding hydrogens is 733 g/mol. The van der Waals surface area contributed by atoms with Gasteiger partial charge in [0.25, 0.3) is 20.0 Å². The highest BCUT2D eigenvalue weighted by atomic mass is 32.2. The number of sulfonamides is 2. The van der Waals surface area contributed by atoms with E-state index in [9.17, 15) is 36.0 Å². The number of nitrogens with one attached hydrogen (secondary N) is 2. The SMILES string of the molecule is COc1nc(C)nc(N(C)C(=O)NS(=O)(=O)c2ccccc2C(=O)O)n1.COc1nc(C)nc(N(C)C(=O)NS(=O)(=O)c2ccccc2C(=O)O)n1. The molecule has 2 heterocycles. The smallest absolute Gasteiger partial charge is 0.337 e. The van der Waals surface area contributed by atoms with Crippen LogP contribution in [-0.2, 0) is 20.0 Å². The molecule has 2 aromatic heterocycles. The number of hydrogen-bond acceptors (Lipinski definition) is 16. The van der Waals surface area contributed by atoms with Gasteiger partial charge in [0, 0.05) is 14.1 Å². The number of aryl methyl sites for hydroxylation is 2. The van der Waals surface area contributed by atoms with Gasteiger partial charge in [-0.15, -0.1) is 0 Å². The van der Waals surface area contributed by atoms with E-state index in [1.165, 1.54) is 52.6 Å². The van der Waals surface area contributed by atoms with Crippen LogP contribution in [0.1, 0.15) is 32.4 Å². The van der Waals surface area contributed by atoms with Crippen molar-refractivity contribution in [2.45, 2.75) is 23.6 Å². The summed E-state index contributed by atoms with van der Waals surface area (Å²) in [6.07, 6.45) is 0. The number of hydrogen-bond donors (Lipinski definition) is 4. The highest BCUT2D eigenvalue weighted by Crippen LogP contribution is 2.18. The fourth-order valence-electron chi connectivity index (χ4n) is 3.78. The van der Waals surface area contributed by atoms with Crippen LogP contribution in [0, 0.1) is 13.8 Å². The number of ether oxygens (including phenoxy) is 2. The second kappa shape index (κ2) is 16.4. The molecule has 0 aliphatic heterocycles. The number of aromatic carboxylic acids is 2. The molecule has 22 nitrogen and oxygen atoms in total. The molecule has 0 saturated carbocycles. The molecule has 0 atom stereocenters. The maximum Gasteiger partial charge on any atom is 0.337 e. The number of carboxylic acid groups (broad SMARTS) is 2. The minimum absolute atomic E-state index is 0.0498. The Morgan fingerprint density at radius 2 is 0.923 bits per heavy atom. The van der Waals surface area contributed by atoms with E-state index in [0.717, 1.165) is 34.1 Å². The van der Waals surface area contributed by atoms with Gasteiger partial charge in [0.15, 0.2) is 0 Å². The zero-order valence-electron chi connectivity index (χ0n) is 28.0. The first-order chi connectivity index (χ1) is 24.3. The Hall–Kier alpha value is -6.56. The number of methoxy groups -OCH3 is 2. The van der Waals surface area contributed by atoms with E-state index in [2.05, 4.69) is 29.9 Å². The second-order valence-electron chi connectivity index (χ2n) is 9.88. The summed E-state index contributed by atoms with van der Waals surface area (Å²) in [5.41, 5.74) is -0.929. The Morgan fingerprint density at radius 3 is 1.23 bits per heavy atom. The first kappa shape index (κ1) is 39.9. The lowest BCUT2D eigenvalue weighted by atomic mass is 10.2. The zero-order valence-corrected chi connectivity index (χ0v) is 29.6. The van der Waals surface area contributed by atoms with E-state index in [0.29, 0.717) is 0 Å². The Bertz CT molecular complexity index is 2080. The van der Waals surface area contributed by atoms with Crippen LogP contribution in [0.4, 0.5) is 21.5 Å². The molecule has 0 saturated heterocycles. The van der Waals surface area contributed by atoms with Gasteiger partial charge in [0.2, 0.25) is 11.9 Å². The Balaban J connectivity index is 0.000000280. The van der Waals surface area contributed by atoms with Crippen LogP contribution in [0.3, 0.4) is 0 Å². The van der Waals surface area contributed by atoms with Crippen LogP contribution < -0.4 is 28.7 Å². The number of carboxylic acids is 2. The molecule has 0 bridgehead atoms. The van der Waals surface area contributed by atoms with Gasteiger partial charge in [-0.05, 0) is 38.1 Å². The quantitative estimate of drug-likeness (QED) is 0.174. The van der Waals surface area contributed by atoms with Crippen molar-refractivity contribution in [3.8, 4) is 12.0 Å². The molecule has 52 heavy (non-hydrogen) atoms. The molecule has 2 aromatic carbocycles. The topological polar surface area (TPSA) is 303 Å². The number of rotatable bonds is 10. The van der Waals surface area contributed by atoms with Crippen LogP contribution in [-0.4, -0.2) is 109 Å². The maximum absolute atomic E-state index is 12.4. The summed E-state index contributed by atoms with van der Waals surface area (Å²) in [6.45, 7) is 3.08. The summed E-state index contributed by atoms with van der Waals surface area (Å²) in [5, 5.41) is 18.2. The van der Waals surface area contributed by atoms with Gasteiger partial charge >= 0.3 is 36.0 Å². The summed E-state index contributed by atoms with van der Waals surface area (Å²) < 4.78 is 62.9. The molecule has 4 N–H and O–H groups in total. The van der Waals surface area contributed by atoms with E-state index in [-0.39, 0.29) is 35.6 Å². The minimum Gasteiger partial charge on any atom is -0.478 e. The third kappa shape index (κ3) is 9.78. The number of urea groups is 2. The van der Waals surface area contributed by atoms with Gasteiger partial charge in [-0.25, -0.2) is 45.5 Å². The molecule has 4 rings (SSSR count). The lowest BCUT2D eigenvalue weighted by Gasteiger charge is -2.17. The van der Waals surface area contributed by atoms with Crippen molar-refractivity contribution >= 4 is 55.9 Å². The van der Waals surface area contributed by atoms with Gasteiger partial charge in [0.05, 0.1) is 25.3 Å². The highest BCUT2D eigenvalue weighted by molar-refractivity contribution is 7.90. The van der Waals surface area contributed by atoms with Crippen LogP contribution in [0.5, 0.6) is 12.0 Å². The van der Waals surface area contributed by atoms with Crippen molar-refractivity contribution in [3.05, 3.63) is 71.3 Å². The van der Waals surface area contributed by atoms with E-state index >= 15 is 0 Å². The molecule has 0 spiro atoms. The minimum atomic E-state index is -4.44. The average molecular weight is 763 g/mol. The van der Waals surface area contributed by atoms with Gasteiger partial charge in [-0.1, -0.05) is 24.3 Å². The molecule has 0 unspecified atom stereocenters. The number of anilines is 2. The lowest BCUT2D eigenvalue weighted by molar-refractivity contribution is 0.0682. The van der Waals surface area contributed by atoms with E-state index in [1.807, 2.05) is 0 Å². The predicted molar refractivity (Wildman–Crippen MR) is 177 cm³/mol. The van der Waals surface area contributed by atoms with Crippen molar-refractivity contribution in [1.82, 2.24) is 39.3 Å². The molecule has 276 valence electrons. The fraction of sp³-hybridized carbons (Fsp3) is 0.214. The number of carbonyl (C=O) groups excluding carboxylic acids is 2. The number of nitrogens with zero attached hydrogens (tertiary/aromatic N) is 8. The van der Waals surface area contributed by atoms with Crippen molar-refractivity contribution < 1.29 is 55.7 Å². The maximum atomic E-state index is 12.4. The molecule has 0 aliphatic rings. The lowest BCUT2D eigenvalue weighted by Crippen LogP contribution is -2.42. The predicted octanol–water partition coefficient (Wildman–Crippen LogP) is 0.843. The van der Waals surface area contributed by atoms with Crippen LogP contribution in [0.2, 0.25) is 0 Å². The summed E-state index contributed by atoms with van der Waals surface area (Å²) in [7, 11) is -3.75. The molecule has 0 aliphatic carbocycles. The molecular formula is C28H30N10O12S2. The first-order valence-electron chi connectivity index (χ1n) is 14.1. The number of amides is 4. The van der Waals surface area contributed by atoms with E-state index in [4.69, 9.17) is 19.7 Å². The third-order valence-electron chi connectivity index (χ3n) is 6.26. The number of benzene rings is 2. The standard InChI is InChI=1S/2C14H15N5O6S/c2*1-8-15-12(17-13(16-8)25-3)19(2)14(22)18-26(23,24)10-7-5-4-6-9(10)11(20)21/h2*4-7H,1-3H3,(H,18,22)(H,20,21). The van der Waals surface area contributed by atoms with Crippen molar-refractivity contribution in [2.75, 3.05) is 38.1 Å². The van der Waals surface area contributed by atoms with Crippen molar-refractivity contribution in [2.24, 2.45) is 0 Å². The summed E-state index contributed by atoms with van der Waals surface area (Å²) in [4.78, 5) is 70.8. The Labute approximate surface area is 295 Å². The third-order valence-corrected chi connectivity index (χ3v) is 9.02. The Morgan fingerprint density at radius 1 is 0.596 bits per heavy atom. The van der Waals surface area contributed by atoms with Gasteiger partial charge in [0.1, 0.15) is 21.4 Å². The summed E-state index contributed by atoms with van der Waals surface area (Å²) >= 11 is 0. The highest BCUT2D eigenvalue weighted by Gasteiger charge is 2.28. The van der Waals surface area contributed by atoms with E-state index in [1.54, 1.807) is 23.3 Å². The van der Waals surface area contributed by atoms with Gasteiger partial charge in [-0.2, -0.15) is 29.9 Å². The number of aromatic nitrogens is 6. The van der Waals surface area contributed by atoms with Crippen LogP contribution in [0.25, 0.3) is 0 Å². The average Bonchev–Trinajstić information content (AvgIpc) is 3.10. The van der Waals surface area contributed by atoms with Gasteiger partial charge in [-0.3, -0.25) is 9.80 Å². The Kier molecular flexibility index (Phi) is 12.6. The monoisotopic (exact) mass is 762 g/mol. The molecule has 0 radical (unpaired) electrons. The van der Waals surface area contributed by atoms with Gasteiger partial charge < -0.3 is 19.7 Å². The molecule has 24 heteroatoms. The normalized spacial score (nSPS) is 10.9. The molecule has 4 aromatic rings. The summed E-state index contributed by atoms with van der Waals surface area (Å²) in [5.74, 6) is -2.66. The second-order valence-corrected chi connectivity index (χ2v) is 13.2. The largest absolute Gasteiger partial charge is 0.478 e. The summed E-state index contributed by atoms with van der Waals surface area (Å²) in [6, 6.07) is 7.55. The first-order valence-corrected chi connectivity index (χ1v) is 17.1. The zero-order chi connectivity index (χ0) is 39.0. The molecule has 0 fully saturated rings. The van der Waals surface area contributed by atoms with Crippen molar-refractivity contribution in [3.63, 3.8) is 0 Å². The fourth-order valence-corrected chi connectivity index (χ4v) is 6.14. The van der Waals surface area contributed by atoms with E-state index < -0.39 is 65.0 Å². The van der Waals surface area contributed by atoms with Crippen molar-refractivity contribution in [1.29, 1.82) is 0 Å².